The summed E-state index contributed by atoms with van der Waals surface area (Å²) in [5.74, 6) is -6.42. The monoisotopic (exact) mass is 550 g/mol. The van der Waals surface area contributed by atoms with Crippen LogP contribution in [0.3, 0.4) is 0 Å². The second kappa shape index (κ2) is 14.8. The number of rotatable bonds is 17. The largest absolute Gasteiger partial charge is 0.481 e. The molecule has 2 aromatic heterocycles. The molecular weight excluding hydrogens is 520 g/mol. The summed E-state index contributed by atoms with van der Waals surface area (Å²) in [6.45, 7) is 0. The molecule has 0 aliphatic rings. The zero-order valence-electron chi connectivity index (χ0n) is 20.6. The first-order valence-corrected chi connectivity index (χ1v) is 11.7. The van der Waals surface area contributed by atoms with E-state index in [2.05, 4.69) is 35.9 Å². The highest BCUT2D eigenvalue weighted by molar-refractivity contribution is 5.94. The number of nitrogens with zero attached hydrogens (tertiary/aromatic N) is 2. The molecule has 0 aromatic carbocycles. The predicted molar refractivity (Wildman–Crippen MR) is 130 cm³/mol. The summed E-state index contributed by atoms with van der Waals surface area (Å²) in [6.07, 6.45) is 3.76. The normalized spacial score (nSPS) is 13.9. The Balaban J connectivity index is 2.22. The molecule has 2 rings (SSSR count). The molecule has 4 unspecified atom stereocenters. The van der Waals surface area contributed by atoms with E-state index in [0.717, 1.165) is 0 Å². The molecule has 0 radical (unpaired) electrons. The average Bonchev–Trinajstić information content (AvgIpc) is 3.58. The summed E-state index contributed by atoms with van der Waals surface area (Å²) in [5, 5.41) is 34.2. The topological polar surface area (TPSA) is 283 Å². The lowest BCUT2D eigenvalue weighted by molar-refractivity contribution is -0.143. The maximum Gasteiger partial charge on any atom is 0.326 e. The third kappa shape index (κ3) is 10.6. The van der Waals surface area contributed by atoms with Gasteiger partial charge in [0.25, 0.3) is 0 Å². The van der Waals surface area contributed by atoms with Crippen LogP contribution in [0.2, 0.25) is 0 Å². The molecule has 0 saturated heterocycles. The lowest BCUT2D eigenvalue weighted by Gasteiger charge is -2.25. The Morgan fingerprint density at radius 3 is 1.56 bits per heavy atom. The number of carbonyl (C=O) groups excluding carboxylic acids is 3. The van der Waals surface area contributed by atoms with Crippen molar-refractivity contribution in [3.8, 4) is 0 Å². The Kier molecular flexibility index (Phi) is 11.6. The van der Waals surface area contributed by atoms with Gasteiger partial charge in [-0.2, -0.15) is 0 Å². The summed E-state index contributed by atoms with van der Waals surface area (Å²) in [7, 11) is 0. The van der Waals surface area contributed by atoms with Gasteiger partial charge < -0.3 is 47.0 Å². The van der Waals surface area contributed by atoms with Gasteiger partial charge in [0.15, 0.2) is 0 Å². The fraction of sp³-hybridized carbons (Fsp3) is 0.455. The summed E-state index contributed by atoms with van der Waals surface area (Å²) in [5.41, 5.74) is 6.62. The van der Waals surface area contributed by atoms with Crippen molar-refractivity contribution in [1.29, 1.82) is 0 Å². The Morgan fingerprint density at radius 1 is 0.718 bits per heavy atom. The Bertz CT molecular complexity index is 1140. The molecule has 0 bridgehead atoms. The van der Waals surface area contributed by atoms with Crippen LogP contribution in [0, 0.1) is 0 Å². The van der Waals surface area contributed by atoms with Gasteiger partial charge in [-0.15, -0.1) is 0 Å². The van der Waals surface area contributed by atoms with E-state index in [0.29, 0.717) is 11.4 Å². The Hall–Kier alpha value is -4.80. The molecule has 0 saturated carbocycles. The predicted octanol–water partition coefficient (Wildman–Crippen LogP) is -2.49. The van der Waals surface area contributed by atoms with E-state index < -0.39 is 72.6 Å². The highest BCUT2D eigenvalue weighted by atomic mass is 16.4. The molecule has 17 nitrogen and oxygen atoms in total. The first-order chi connectivity index (χ1) is 18.5. The van der Waals surface area contributed by atoms with Crippen molar-refractivity contribution in [1.82, 2.24) is 35.9 Å². The molecule has 10 N–H and O–H groups in total. The molecule has 17 heteroatoms. The van der Waals surface area contributed by atoms with Gasteiger partial charge in [0.05, 0.1) is 18.7 Å². The van der Waals surface area contributed by atoms with Gasteiger partial charge in [0, 0.05) is 49.5 Å². The minimum absolute atomic E-state index is 0.0992. The molecule has 2 heterocycles. The first kappa shape index (κ1) is 30.4. The summed E-state index contributed by atoms with van der Waals surface area (Å²) in [6, 6.07) is -5.41. The number of carbonyl (C=O) groups is 6. The zero-order chi connectivity index (χ0) is 28.9. The summed E-state index contributed by atoms with van der Waals surface area (Å²) in [4.78, 5) is 85.4. The van der Waals surface area contributed by atoms with E-state index in [1.54, 1.807) is 0 Å². The van der Waals surface area contributed by atoms with Gasteiger partial charge in [-0.05, 0) is 12.8 Å². The van der Waals surface area contributed by atoms with Crippen LogP contribution in [0.5, 0.6) is 0 Å². The zero-order valence-corrected chi connectivity index (χ0v) is 20.6. The molecule has 212 valence electrons. The second-order valence-corrected chi connectivity index (χ2v) is 8.56. The van der Waals surface area contributed by atoms with Crippen LogP contribution >= 0.6 is 0 Å². The molecule has 0 spiro atoms. The summed E-state index contributed by atoms with van der Waals surface area (Å²) < 4.78 is 0. The van der Waals surface area contributed by atoms with Crippen molar-refractivity contribution >= 4 is 35.6 Å². The van der Waals surface area contributed by atoms with E-state index in [1.807, 2.05) is 0 Å². The van der Waals surface area contributed by atoms with Crippen molar-refractivity contribution in [2.45, 2.75) is 62.7 Å². The number of aromatic amines is 2. The van der Waals surface area contributed by atoms with Crippen LogP contribution in [0.15, 0.2) is 25.0 Å². The second-order valence-electron chi connectivity index (χ2n) is 8.56. The van der Waals surface area contributed by atoms with Crippen LogP contribution in [0.4, 0.5) is 0 Å². The van der Waals surface area contributed by atoms with E-state index in [-0.39, 0.29) is 25.7 Å². The number of imidazole rings is 2. The molecule has 0 fully saturated rings. The fourth-order valence-corrected chi connectivity index (χ4v) is 3.41. The number of aliphatic carboxylic acids is 3. The minimum Gasteiger partial charge on any atom is -0.481 e. The number of carboxylic acids is 3. The third-order valence-corrected chi connectivity index (χ3v) is 5.49. The van der Waals surface area contributed by atoms with Crippen LogP contribution in [-0.4, -0.2) is 95.1 Å². The number of nitrogens with two attached hydrogens (primary N) is 1. The number of aromatic nitrogens is 4. The minimum atomic E-state index is -1.54. The highest BCUT2D eigenvalue weighted by Gasteiger charge is 2.31. The third-order valence-electron chi connectivity index (χ3n) is 5.49. The van der Waals surface area contributed by atoms with Crippen LogP contribution in [0.25, 0.3) is 0 Å². The van der Waals surface area contributed by atoms with Crippen molar-refractivity contribution in [3.05, 3.63) is 36.4 Å². The molecule has 2 aromatic rings. The number of H-pyrrole nitrogens is 2. The average molecular weight is 551 g/mol. The van der Waals surface area contributed by atoms with Crippen LogP contribution in [-0.2, 0) is 41.6 Å². The van der Waals surface area contributed by atoms with Crippen LogP contribution < -0.4 is 21.7 Å². The highest BCUT2D eigenvalue weighted by Crippen LogP contribution is 2.06. The van der Waals surface area contributed by atoms with Crippen LogP contribution in [0.1, 0.15) is 37.1 Å². The number of nitrogens with one attached hydrogen (secondary N) is 5. The van der Waals surface area contributed by atoms with Gasteiger partial charge in [0.2, 0.25) is 17.7 Å². The Labute approximate surface area is 221 Å². The Morgan fingerprint density at radius 2 is 1.15 bits per heavy atom. The first-order valence-electron chi connectivity index (χ1n) is 11.7. The van der Waals surface area contributed by atoms with Crippen molar-refractivity contribution in [3.63, 3.8) is 0 Å². The van der Waals surface area contributed by atoms with Gasteiger partial charge >= 0.3 is 17.9 Å². The molecular formula is C22H30N8O9. The smallest absolute Gasteiger partial charge is 0.326 e. The molecule has 0 aliphatic heterocycles. The maximum atomic E-state index is 13.3. The van der Waals surface area contributed by atoms with Gasteiger partial charge in [-0.3, -0.25) is 24.0 Å². The number of hydrogen-bond donors (Lipinski definition) is 9. The molecule has 39 heavy (non-hydrogen) atoms. The molecule has 4 atom stereocenters. The quantitative estimate of drug-likeness (QED) is 0.0989. The van der Waals surface area contributed by atoms with Crippen molar-refractivity contribution < 1.29 is 44.1 Å². The number of hydrogen-bond acceptors (Lipinski definition) is 9. The lowest BCUT2D eigenvalue weighted by Crippen LogP contribution is -2.58. The maximum absolute atomic E-state index is 13.3. The number of carboxylic acid groups (broad SMARTS) is 3. The molecule has 0 aliphatic carbocycles. The van der Waals surface area contributed by atoms with E-state index >= 15 is 0 Å². The van der Waals surface area contributed by atoms with Gasteiger partial charge in [0.1, 0.15) is 18.1 Å². The van der Waals surface area contributed by atoms with Crippen molar-refractivity contribution in [2.24, 2.45) is 5.73 Å². The molecule has 3 amide bonds. The van der Waals surface area contributed by atoms with Gasteiger partial charge in [-0.1, -0.05) is 0 Å². The SMILES string of the molecule is NC(CCC(=O)O)C(=O)NC(Cc1cnc[nH]1)C(=O)NC(Cc1cnc[nH]1)C(=O)NC(CCC(=O)O)C(=O)O. The van der Waals surface area contributed by atoms with E-state index in [1.165, 1.54) is 25.0 Å². The van der Waals surface area contributed by atoms with E-state index in [9.17, 15) is 33.9 Å². The van der Waals surface area contributed by atoms with Crippen molar-refractivity contribution in [2.75, 3.05) is 0 Å². The van der Waals surface area contributed by atoms with Gasteiger partial charge in [-0.25, -0.2) is 14.8 Å². The fourth-order valence-electron chi connectivity index (χ4n) is 3.41. The van der Waals surface area contributed by atoms with E-state index in [4.69, 9.17) is 15.9 Å². The number of amides is 3. The lowest BCUT2D eigenvalue weighted by atomic mass is 10.1. The standard InChI is InChI=1S/C22H30N8O9/c23-13(1-3-17(31)32)19(35)29-15(5-11-7-24-9-26-11)21(37)30-16(6-12-8-25-10-27-12)20(36)28-14(22(38)39)2-4-18(33)34/h7-10,13-16H,1-6,23H2,(H,24,26)(H,25,27)(H,28,36)(H,29,35)(H,30,37)(H,31,32)(H,33,34)(H,38,39). The summed E-state index contributed by atoms with van der Waals surface area (Å²) >= 11 is 0.